The van der Waals surface area contributed by atoms with Crippen LogP contribution in [0.1, 0.15) is 38.6 Å². The fourth-order valence-electron chi connectivity index (χ4n) is 3.01. The number of carbonyl (C=O) groups is 2. The van der Waals surface area contributed by atoms with Crippen LogP contribution in [0.25, 0.3) is 0 Å². The Morgan fingerprint density at radius 1 is 1.33 bits per heavy atom. The van der Waals surface area contributed by atoms with Gasteiger partial charge in [0.05, 0.1) is 5.92 Å². The Bertz CT molecular complexity index is 703. The van der Waals surface area contributed by atoms with Crippen molar-refractivity contribution in [2.24, 2.45) is 5.92 Å². The van der Waals surface area contributed by atoms with Gasteiger partial charge in [0.1, 0.15) is 0 Å². The third-order valence-corrected chi connectivity index (χ3v) is 4.29. The number of hydrogen-bond donors (Lipinski definition) is 1. The van der Waals surface area contributed by atoms with Crippen LogP contribution < -0.4 is 11.0 Å². The molecule has 0 bridgehead atoms. The Balaban J connectivity index is 1.91. The number of nitrogens with one attached hydrogen (secondary N) is 1. The lowest BCUT2D eigenvalue weighted by molar-refractivity contribution is -0.132. The number of aromatic nitrogens is 2. The molecule has 0 unspecified atom stereocenters. The summed E-state index contributed by atoms with van der Waals surface area (Å²) in [6, 6.07) is 1.83. The van der Waals surface area contributed by atoms with Crippen LogP contribution in [0.2, 0.25) is 0 Å². The van der Waals surface area contributed by atoms with Gasteiger partial charge in [0.2, 0.25) is 11.8 Å². The van der Waals surface area contributed by atoms with E-state index in [9.17, 15) is 14.4 Å². The summed E-state index contributed by atoms with van der Waals surface area (Å²) in [7, 11) is 0. The van der Waals surface area contributed by atoms with E-state index in [4.69, 9.17) is 0 Å². The zero-order chi connectivity index (χ0) is 18.1. The van der Waals surface area contributed by atoms with Crippen LogP contribution in [-0.4, -0.2) is 44.9 Å². The SMILES string of the molecule is Cc1cc(C)n(CCNC(=O)[C@H]2CC(=O)N(C(C)(C)C)C2)c(=O)n1. The Morgan fingerprint density at radius 3 is 2.54 bits per heavy atom. The van der Waals surface area contributed by atoms with Crippen molar-refractivity contribution >= 4 is 11.8 Å². The molecule has 1 atom stereocenters. The zero-order valence-corrected chi connectivity index (χ0v) is 15.0. The summed E-state index contributed by atoms with van der Waals surface area (Å²) in [5, 5.41) is 2.83. The van der Waals surface area contributed by atoms with Crippen LogP contribution >= 0.6 is 0 Å². The van der Waals surface area contributed by atoms with E-state index in [-0.39, 0.29) is 35.4 Å². The Labute approximate surface area is 142 Å². The number of hydrogen-bond acceptors (Lipinski definition) is 4. The van der Waals surface area contributed by atoms with E-state index in [0.29, 0.717) is 25.3 Å². The molecule has 132 valence electrons. The molecule has 24 heavy (non-hydrogen) atoms. The van der Waals surface area contributed by atoms with E-state index in [1.54, 1.807) is 11.8 Å². The maximum atomic E-state index is 12.3. The molecular weight excluding hydrogens is 308 g/mol. The van der Waals surface area contributed by atoms with Crippen molar-refractivity contribution in [2.75, 3.05) is 13.1 Å². The maximum absolute atomic E-state index is 12.3. The summed E-state index contributed by atoms with van der Waals surface area (Å²) >= 11 is 0. The monoisotopic (exact) mass is 334 g/mol. The summed E-state index contributed by atoms with van der Waals surface area (Å²) < 4.78 is 1.54. The van der Waals surface area contributed by atoms with Gasteiger partial charge in [-0.2, -0.15) is 4.98 Å². The van der Waals surface area contributed by atoms with Crippen LogP contribution in [0.3, 0.4) is 0 Å². The van der Waals surface area contributed by atoms with Crippen molar-refractivity contribution in [2.45, 2.75) is 53.1 Å². The summed E-state index contributed by atoms with van der Waals surface area (Å²) in [6.45, 7) is 10.7. The van der Waals surface area contributed by atoms with Crippen molar-refractivity contribution < 1.29 is 9.59 Å². The second kappa shape index (κ2) is 6.75. The van der Waals surface area contributed by atoms with E-state index < -0.39 is 0 Å². The molecule has 7 nitrogen and oxygen atoms in total. The van der Waals surface area contributed by atoms with Gasteiger partial charge in [0.15, 0.2) is 0 Å². The van der Waals surface area contributed by atoms with Gasteiger partial charge < -0.3 is 10.2 Å². The number of carbonyl (C=O) groups excluding carboxylic acids is 2. The van der Waals surface area contributed by atoms with Crippen molar-refractivity contribution in [3.05, 3.63) is 27.9 Å². The number of amides is 2. The van der Waals surface area contributed by atoms with E-state index in [2.05, 4.69) is 10.3 Å². The van der Waals surface area contributed by atoms with Crippen molar-refractivity contribution in [3.8, 4) is 0 Å². The standard InChI is InChI=1S/C17H26N4O3/c1-11-8-12(2)20(16(24)19-11)7-6-18-15(23)13-9-14(22)21(10-13)17(3,4)5/h8,13H,6-7,9-10H2,1-5H3,(H,18,23)/t13-/m0/s1. The largest absolute Gasteiger partial charge is 0.354 e. The molecule has 2 amide bonds. The van der Waals surface area contributed by atoms with Crippen molar-refractivity contribution in [1.82, 2.24) is 19.8 Å². The van der Waals surface area contributed by atoms with Gasteiger partial charge in [-0.3, -0.25) is 14.2 Å². The smallest absolute Gasteiger partial charge is 0.348 e. The topological polar surface area (TPSA) is 84.3 Å². The third-order valence-electron chi connectivity index (χ3n) is 4.29. The lowest BCUT2D eigenvalue weighted by Crippen LogP contribution is -2.43. The molecule has 1 fully saturated rings. The molecule has 0 aliphatic carbocycles. The molecule has 1 aromatic rings. The lowest BCUT2D eigenvalue weighted by atomic mass is 10.1. The van der Waals surface area contributed by atoms with Crippen molar-refractivity contribution in [1.29, 1.82) is 0 Å². The Morgan fingerprint density at radius 2 is 2.00 bits per heavy atom. The molecule has 2 rings (SSSR count). The molecule has 1 N–H and O–H groups in total. The molecule has 0 radical (unpaired) electrons. The second-order valence-corrected chi connectivity index (χ2v) is 7.34. The van der Waals surface area contributed by atoms with Crippen LogP contribution in [0, 0.1) is 19.8 Å². The van der Waals surface area contributed by atoms with Gasteiger partial charge in [-0.05, 0) is 40.7 Å². The van der Waals surface area contributed by atoms with Crippen LogP contribution in [0.5, 0.6) is 0 Å². The number of nitrogens with zero attached hydrogens (tertiary/aromatic N) is 3. The van der Waals surface area contributed by atoms with Gasteiger partial charge in [-0.15, -0.1) is 0 Å². The number of likely N-dealkylation sites (tertiary alicyclic amines) is 1. The molecule has 1 saturated heterocycles. The van der Waals surface area contributed by atoms with E-state index >= 15 is 0 Å². The van der Waals surface area contributed by atoms with E-state index in [0.717, 1.165) is 5.69 Å². The highest BCUT2D eigenvalue weighted by Gasteiger charge is 2.39. The first-order valence-corrected chi connectivity index (χ1v) is 8.23. The number of rotatable bonds is 4. The normalized spacial score (nSPS) is 18.1. The van der Waals surface area contributed by atoms with Gasteiger partial charge in [-0.1, -0.05) is 0 Å². The first-order chi connectivity index (χ1) is 11.1. The van der Waals surface area contributed by atoms with Crippen LogP contribution in [-0.2, 0) is 16.1 Å². The second-order valence-electron chi connectivity index (χ2n) is 7.34. The van der Waals surface area contributed by atoms with Gasteiger partial charge in [0, 0.05) is 43.0 Å². The minimum absolute atomic E-state index is 0.0115. The molecule has 7 heteroatoms. The maximum Gasteiger partial charge on any atom is 0.348 e. The van der Waals surface area contributed by atoms with Gasteiger partial charge in [-0.25, -0.2) is 4.79 Å². The highest BCUT2D eigenvalue weighted by Crippen LogP contribution is 2.25. The highest BCUT2D eigenvalue weighted by atomic mass is 16.2. The van der Waals surface area contributed by atoms with Gasteiger partial charge in [0.25, 0.3) is 0 Å². The summed E-state index contributed by atoms with van der Waals surface area (Å²) in [5.74, 6) is -0.455. The minimum Gasteiger partial charge on any atom is -0.354 e. The fourth-order valence-corrected chi connectivity index (χ4v) is 3.01. The molecule has 1 aliphatic rings. The predicted molar refractivity (Wildman–Crippen MR) is 90.6 cm³/mol. The molecule has 2 heterocycles. The summed E-state index contributed by atoms with van der Waals surface area (Å²) in [5.41, 5.74) is 0.919. The molecule has 0 saturated carbocycles. The van der Waals surface area contributed by atoms with Crippen LogP contribution in [0.4, 0.5) is 0 Å². The Hall–Kier alpha value is -2.18. The highest BCUT2D eigenvalue weighted by molar-refractivity contribution is 5.89. The van der Waals surface area contributed by atoms with Crippen LogP contribution in [0.15, 0.2) is 10.9 Å². The molecule has 0 aromatic carbocycles. The van der Waals surface area contributed by atoms with Gasteiger partial charge >= 0.3 is 5.69 Å². The average Bonchev–Trinajstić information content (AvgIpc) is 2.83. The summed E-state index contributed by atoms with van der Waals surface area (Å²) in [4.78, 5) is 41.9. The lowest BCUT2D eigenvalue weighted by Gasteiger charge is -2.31. The fraction of sp³-hybridized carbons (Fsp3) is 0.647. The molecule has 1 aromatic heterocycles. The minimum atomic E-state index is -0.328. The molecular formula is C17H26N4O3. The molecule has 0 spiro atoms. The first kappa shape index (κ1) is 18.2. The Kier molecular flexibility index (Phi) is 5.11. The first-order valence-electron chi connectivity index (χ1n) is 8.23. The predicted octanol–water partition coefficient (Wildman–Crippen LogP) is 0.623. The van der Waals surface area contributed by atoms with E-state index in [1.165, 1.54) is 4.57 Å². The van der Waals surface area contributed by atoms with E-state index in [1.807, 2.05) is 33.8 Å². The number of aryl methyl sites for hydroxylation is 2. The average molecular weight is 334 g/mol. The third kappa shape index (κ3) is 4.01. The quantitative estimate of drug-likeness (QED) is 0.875. The zero-order valence-electron chi connectivity index (χ0n) is 15.0. The van der Waals surface area contributed by atoms with Crippen molar-refractivity contribution in [3.63, 3.8) is 0 Å². The summed E-state index contributed by atoms with van der Waals surface area (Å²) in [6.07, 6.45) is 0.244. The molecule has 1 aliphatic heterocycles.